The third-order valence-electron chi connectivity index (χ3n) is 5.81. The van der Waals surface area contributed by atoms with Gasteiger partial charge in [-0.05, 0) is 48.0 Å². The molecule has 6 nitrogen and oxygen atoms in total. The molecule has 0 fully saturated rings. The summed E-state index contributed by atoms with van der Waals surface area (Å²) in [5.41, 5.74) is -3.17. The Labute approximate surface area is 211 Å². The lowest BCUT2D eigenvalue weighted by atomic mass is 9.97. The first-order valence-corrected chi connectivity index (χ1v) is 10.9. The topological polar surface area (TPSA) is 79.4 Å². The van der Waals surface area contributed by atoms with E-state index in [9.17, 15) is 40.7 Å². The van der Waals surface area contributed by atoms with Crippen LogP contribution in [0.2, 0.25) is 0 Å². The zero-order valence-corrected chi connectivity index (χ0v) is 19.2. The number of carbonyl (C=O) groups excluding carboxylic acids is 3. The van der Waals surface area contributed by atoms with Crippen molar-refractivity contribution in [3.63, 3.8) is 0 Å². The van der Waals surface area contributed by atoms with Gasteiger partial charge in [0.05, 0.1) is 34.0 Å². The Morgan fingerprint density at radius 2 is 1.61 bits per heavy atom. The summed E-state index contributed by atoms with van der Waals surface area (Å²) in [6.07, 6.45) is -7.17. The molecule has 0 bridgehead atoms. The average molecular weight is 533 g/mol. The molecule has 0 aliphatic carbocycles. The number of pyridine rings is 1. The Bertz CT molecular complexity index is 1430. The Kier molecular flexibility index (Phi) is 6.83. The second kappa shape index (κ2) is 9.77. The summed E-state index contributed by atoms with van der Waals surface area (Å²) in [6.45, 7) is 3.41. The van der Waals surface area contributed by atoms with Gasteiger partial charge < -0.3 is 5.32 Å². The number of halogens is 6. The fourth-order valence-corrected chi connectivity index (χ4v) is 4.00. The number of rotatable bonds is 6. The summed E-state index contributed by atoms with van der Waals surface area (Å²) in [5.74, 6) is -2.22. The van der Waals surface area contributed by atoms with Crippen LogP contribution in [-0.2, 0) is 12.4 Å². The van der Waals surface area contributed by atoms with Crippen LogP contribution < -0.4 is 5.32 Å². The number of hydrogen-bond acceptors (Lipinski definition) is 4. The molecule has 1 N–H and O–H groups in total. The van der Waals surface area contributed by atoms with Crippen molar-refractivity contribution in [1.29, 1.82) is 0 Å². The van der Waals surface area contributed by atoms with Gasteiger partial charge in [0.25, 0.3) is 17.7 Å². The van der Waals surface area contributed by atoms with Gasteiger partial charge in [0.1, 0.15) is 0 Å². The molecule has 1 aliphatic heterocycles. The second-order valence-corrected chi connectivity index (χ2v) is 8.23. The highest BCUT2D eigenvalue weighted by Gasteiger charge is 2.38. The van der Waals surface area contributed by atoms with Gasteiger partial charge in [-0.3, -0.25) is 24.3 Å². The quantitative estimate of drug-likeness (QED) is 0.261. The number of aromatic nitrogens is 1. The van der Waals surface area contributed by atoms with Gasteiger partial charge in [-0.15, -0.1) is 6.58 Å². The summed E-state index contributed by atoms with van der Waals surface area (Å²) in [7, 11) is 0. The highest BCUT2D eigenvalue weighted by Crippen LogP contribution is 2.37. The lowest BCUT2D eigenvalue weighted by Gasteiger charge is -2.23. The summed E-state index contributed by atoms with van der Waals surface area (Å²) >= 11 is 0. The molecule has 0 saturated carbocycles. The minimum absolute atomic E-state index is 0.0387. The molecular weight excluding hydrogens is 516 g/mol. The second-order valence-electron chi connectivity index (χ2n) is 8.23. The maximum Gasteiger partial charge on any atom is 0.418 e. The van der Waals surface area contributed by atoms with Crippen molar-refractivity contribution in [3.05, 3.63) is 113 Å². The average Bonchev–Trinajstić information content (AvgIpc) is 3.11. The number of nitrogens with one attached hydrogen (secondary N) is 1. The lowest BCUT2D eigenvalue weighted by Crippen LogP contribution is -2.32. The maximum atomic E-state index is 13.8. The van der Waals surface area contributed by atoms with Crippen LogP contribution in [0.25, 0.3) is 0 Å². The van der Waals surface area contributed by atoms with Crippen molar-refractivity contribution in [2.75, 3.05) is 6.54 Å². The van der Waals surface area contributed by atoms with Crippen LogP contribution >= 0.6 is 0 Å². The van der Waals surface area contributed by atoms with Gasteiger partial charge in [0.15, 0.2) is 0 Å². The van der Waals surface area contributed by atoms with Crippen molar-refractivity contribution < 1.29 is 40.7 Å². The monoisotopic (exact) mass is 533 g/mol. The zero-order chi connectivity index (χ0) is 27.8. The molecule has 0 radical (unpaired) electrons. The van der Waals surface area contributed by atoms with Gasteiger partial charge in [-0.1, -0.05) is 18.2 Å². The van der Waals surface area contributed by atoms with Crippen LogP contribution in [0, 0.1) is 0 Å². The number of fused-ring (bicyclic) bond motifs is 1. The van der Waals surface area contributed by atoms with E-state index < -0.39 is 52.9 Å². The maximum absolute atomic E-state index is 13.8. The predicted octanol–water partition coefficient (Wildman–Crippen LogP) is 5.42. The zero-order valence-electron chi connectivity index (χ0n) is 19.2. The first kappa shape index (κ1) is 26.6. The normalized spacial score (nSPS) is 14.3. The summed E-state index contributed by atoms with van der Waals surface area (Å²) < 4.78 is 80.4. The molecule has 3 aromatic rings. The number of nitrogens with zero attached hydrogens (tertiary/aromatic N) is 2. The fraction of sp³-hybridized carbons (Fsp3) is 0.154. The largest absolute Gasteiger partial charge is 0.418 e. The van der Waals surface area contributed by atoms with Crippen molar-refractivity contribution in [2.24, 2.45) is 0 Å². The van der Waals surface area contributed by atoms with Crippen LogP contribution in [0.3, 0.4) is 0 Å². The summed E-state index contributed by atoms with van der Waals surface area (Å²) in [5, 5.41) is 2.38. The Balaban J connectivity index is 1.74. The SMILES string of the molecule is C=CCN1C(=O)c2ccc(C(=O)NC(c3ccc(C(F)(F)F)cc3)c3ncccc3C(F)(F)F)cc2C1=O. The smallest absolute Gasteiger partial charge is 0.340 e. The highest BCUT2D eigenvalue weighted by molar-refractivity contribution is 6.22. The molecule has 1 aliphatic rings. The van der Waals surface area contributed by atoms with Crippen molar-refractivity contribution >= 4 is 17.7 Å². The predicted molar refractivity (Wildman–Crippen MR) is 122 cm³/mol. The van der Waals surface area contributed by atoms with E-state index in [4.69, 9.17) is 0 Å². The summed E-state index contributed by atoms with van der Waals surface area (Å²) in [6, 6.07) is 6.99. The van der Waals surface area contributed by atoms with E-state index in [1.54, 1.807) is 0 Å². The molecule has 1 unspecified atom stereocenters. The third-order valence-corrected chi connectivity index (χ3v) is 5.81. The number of imide groups is 1. The third kappa shape index (κ3) is 5.01. The van der Waals surface area contributed by atoms with E-state index in [-0.39, 0.29) is 28.8 Å². The molecule has 1 aromatic heterocycles. The van der Waals surface area contributed by atoms with E-state index in [0.29, 0.717) is 12.1 Å². The Hall–Kier alpha value is -4.48. The van der Waals surface area contributed by atoms with Crippen LogP contribution in [0.15, 0.2) is 73.4 Å². The molecule has 38 heavy (non-hydrogen) atoms. The van der Waals surface area contributed by atoms with Crippen LogP contribution in [-0.4, -0.2) is 34.2 Å². The lowest BCUT2D eigenvalue weighted by molar-refractivity contribution is -0.139. The molecule has 196 valence electrons. The van der Waals surface area contributed by atoms with Gasteiger partial charge in [-0.25, -0.2) is 0 Å². The van der Waals surface area contributed by atoms with E-state index in [1.807, 2.05) is 0 Å². The van der Waals surface area contributed by atoms with E-state index in [1.165, 1.54) is 18.2 Å². The molecule has 0 spiro atoms. The van der Waals surface area contributed by atoms with Crippen molar-refractivity contribution in [2.45, 2.75) is 18.4 Å². The molecule has 1 atom stereocenters. The molecule has 2 aromatic carbocycles. The molecule has 0 saturated heterocycles. The molecule has 2 heterocycles. The first-order chi connectivity index (χ1) is 17.8. The summed E-state index contributed by atoms with van der Waals surface area (Å²) in [4.78, 5) is 42.9. The van der Waals surface area contributed by atoms with Gasteiger partial charge >= 0.3 is 12.4 Å². The van der Waals surface area contributed by atoms with E-state index in [2.05, 4.69) is 16.9 Å². The van der Waals surface area contributed by atoms with E-state index >= 15 is 0 Å². The highest BCUT2D eigenvalue weighted by atomic mass is 19.4. The minimum atomic E-state index is -4.88. The van der Waals surface area contributed by atoms with Crippen LogP contribution in [0.1, 0.15) is 59.5 Å². The minimum Gasteiger partial charge on any atom is -0.340 e. The molecule has 12 heteroatoms. The number of hydrogen-bond donors (Lipinski definition) is 1. The van der Waals surface area contributed by atoms with Crippen LogP contribution in [0.4, 0.5) is 26.3 Å². The molecule has 4 rings (SSSR count). The number of amides is 3. The fourth-order valence-electron chi connectivity index (χ4n) is 4.00. The Morgan fingerprint density at radius 1 is 0.947 bits per heavy atom. The van der Waals surface area contributed by atoms with Gasteiger partial charge in [-0.2, -0.15) is 26.3 Å². The first-order valence-electron chi connectivity index (χ1n) is 10.9. The van der Waals surface area contributed by atoms with Gasteiger partial charge in [0, 0.05) is 18.3 Å². The molecule has 3 amide bonds. The van der Waals surface area contributed by atoms with Gasteiger partial charge in [0.2, 0.25) is 0 Å². The Morgan fingerprint density at radius 3 is 2.21 bits per heavy atom. The number of benzene rings is 2. The van der Waals surface area contributed by atoms with Crippen molar-refractivity contribution in [1.82, 2.24) is 15.2 Å². The van der Waals surface area contributed by atoms with Crippen molar-refractivity contribution in [3.8, 4) is 0 Å². The number of carbonyl (C=O) groups is 3. The number of alkyl halides is 6. The standard InChI is InChI=1S/C26H17F6N3O3/c1-2-12-35-23(37)17-10-7-15(13-18(17)24(35)38)22(36)34-20(14-5-8-16(9-6-14)25(27,28)29)21-19(26(30,31)32)4-3-11-33-21/h2-11,13,20H,1,12H2,(H,34,36). The molecular formula is C26H17F6N3O3. The van der Waals surface area contributed by atoms with Crippen LogP contribution in [0.5, 0.6) is 0 Å². The van der Waals surface area contributed by atoms with E-state index in [0.717, 1.165) is 41.4 Å².